The molecule has 5 aliphatic rings. The molecule has 4 bridgehead atoms. The summed E-state index contributed by atoms with van der Waals surface area (Å²) in [5, 5.41) is 25.6. The van der Waals surface area contributed by atoms with Crippen LogP contribution in [0.2, 0.25) is 0 Å². The predicted octanol–water partition coefficient (Wildman–Crippen LogP) is 4.29. The quantitative estimate of drug-likeness (QED) is 0.324. The SMILES string of the molecule is CC1(C)[C@@H]2CC[C@]1(C)/C(=N\OC[C@@H](O)CN1CCN(C[C@H](O)CO/C=C3\C[C@@H]4CC[C@@]3(C)C4(C)C)CC1)C2. The molecule has 4 aliphatic carbocycles. The second-order valence-corrected chi connectivity index (χ2v) is 14.7. The van der Waals surface area contributed by atoms with Gasteiger partial charge in [-0.25, -0.2) is 0 Å². The van der Waals surface area contributed by atoms with Crippen molar-refractivity contribution in [2.75, 3.05) is 52.5 Å². The van der Waals surface area contributed by atoms with Crippen LogP contribution in [0, 0.1) is 33.5 Å². The van der Waals surface area contributed by atoms with E-state index in [1.54, 1.807) is 0 Å². The van der Waals surface area contributed by atoms with Gasteiger partial charge in [-0.05, 0) is 72.2 Å². The highest BCUT2D eigenvalue weighted by molar-refractivity contribution is 5.93. The molecule has 0 spiro atoms. The number of nitrogens with zero attached hydrogens (tertiary/aromatic N) is 3. The molecule has 2 N–H and O–H groups in total. The molecule has 216 valence electrons. The average molecular weight is 532 g/mol. The van der Waals surface area contributed by atoms with Gasteiger partial charge in [0.05, 0.1) is 12.0 Å². The van der Waals surface area contributed by atoms with E-state index in [0.717, 1.165) is 44.9 Å². The van der Waals surface area contributed by atoms with Crippen molar-refractivity contribution in [1.29, 1.82) is 0 Å². The number of oxime groups is 1. The van der Waals surface area contributed by atoms with Gasteiger partial charge in [0.25, 0.3) is 0 Å². The first kappa shape index (κ1) is 28.4. The first-order chi connectivity index (χ1) is 17.9. The third kappa shape index (κ3) is 4.84. The number of allylic oxidation sites excluding steroid dienone is 1. The van der Waals surface area contributed by atoms with Gasteiger partial charge in [0.2, 0.25) is 0 Å². The molecule has 38 heavy (non-hydrogen) atoms. The third-order valence-corrected chi connectivity index (χ3v) is 12.5. The summed E-state index contributed by atoms with van der Waals surface area (Å²) in [6, 6.07) is 0. The first-order valence-electron chi connectivity index (χ1n) is 15.2. The number of hydrogen-bond donors (Lipinski definition) is 2. The third-order valence-electron chi connectivity index (χ3n) is 12.5. The molecule has 1 heterocycles. The van der Waals surface area contributed by atoms with E-state index in [1.807, 2.05) is 6.26 Å². The number of piperazine rings is 1. The molecular formula is C31H53N3O4. The van der Waals surface area contributed by atoms with Crippen molar-refractivity contribution in [3.63, 3.8) is 0 Å². The van der Waals surface area contributed by atoms with E-state index >= 15 is 0 Å². The van der Waals surface area contributed by atoms with Gasteiger partial charge in [0, 0.05) is 44.7 Å². The van der Waals surface area contributed by atoms with Gasteiger partial charge < -0.3 is 19.8 Å². The smallest absolute Gasteiger partial charge is 0.144 e. The van der Waals surface area contributed by atoms with Crippen LogP contribution < -0.4 is 0 Å². The Morgan fingerprint density at radius 2 is 1.34 bits per heavy atom. The lowest BCUT2D eigenvalue weighted by Gasteiger charge is -2.36. The zero-order chi connectivity index (χ0) is 27.3. The number of fused-ring (bicyclic) bond motifs is 4. The van der Waals surface area contributed by atoms with E-state index in [-0.39, 0.29) is 22.9 Å². The summed E-state index contributed by atoms with van der Waals surface area (Å²) in [5.74, 6) is 1.47. The number of aliphatic hydroxyl groups excluding tert-OH is 2. The maximum Gasteiger partial charge on any atom is 0.144 e. The number of ether oxygens (including phenoxy) is 1. The molecule has 0 amide bonds. The Labute approximate surface area is 230 Å². The Hall–Kier alpha value is -1.15. The highest BCUT2D eigenvalue weighted by atomic mass is 16.6. The van der Waals surface area contributed by atoms with E-state index in [0.29, 0.717) is 31.0 Å². The predicted molar refractivity (Wildman–Crippen MR) is 151 cm³/mol. The Bertz CT molecular complexity index is 850. The fraction of sp³-hybridized carbons (Fsp3) is 0.903. The van der Waals surface area contributed by atoms with Crippen molar-refractivity contribution in [2.24, 2.45) is 38.7 Å². The Balaban J connectivity index is 0.977. The van der Waals surface area contributed by atoms with Crippen molar-refractivity contribution in [2.45, 2.75) is 92.3 Å². The standard InChI is InChI=1S/C31H53N3O4/c1-28(2)22-7-9-30(28,5)24(15-22)19-37-20-25(35)17-33-11-13-34(14-12-33)18-26(36)21-38-32-27-16-23-8-10-31(27,6)29(23,3)4/h19,22-23,25-26,35-36H,7-18,20-21H2,1-6H3/b24-19+,32-27-/t22-,23+,25-,26-,30+,31+/m0/s1. The lowest BCUT2D eigenvalue weighted by molar-refractivity contribution is -0.00100. The van der Waals surface area contributed by atoms with Crippen molar-refractivity contribution in [1.82, 2.24) is 9.80 Å². The summed E-state index contributed by atoms with van der Waals surface area (Å²) in [6.45, 7) is 19.6. The van der Waals surface area contributed by atoms with Gasteiger partial charge >= 0.3 is 0 Å². The van der Waals surface area contributed by atoms with Gasteiger partial charge in [0.1, 0.15) is 25.4 Å². The molecule has 5 rings (SSSR count). The van der Waals surface area contributed by atoms with Crippen LogP contribution in [-0.4, -0.2) is 90.4 Å². The second-order valence-electron chi connectivity index (χ2n) is 14.7. The van der Waals surface area contributed by atoms with Gasteiger partial charge in [-0.3, -0.25) is 9.80 Å². The molecule has 5 fully saturated rings. The van der Waals surface area contributed by atoms with Gasteiger partial charge in [0.15, 0.2) is 0 Å². The van der Waals surface area contributed by atoms with Crippen LogP contribution in [0.1, 0.15) is 80.1 Å². The van der Waals surface area contributed by atoms with Gasteiger partial charge in [-0.1, -0.05) is 46.7 Å². The molecule has 0 aromatic rings. The number of rotatable bonds is 10. The lowest BCUT2D eigenvalue weighted by atomic mass is 9.69. The van der Waals surface area contributed by atoms with E-state index in [4.69, 9.17) is 9.57 Å². The zero-order valence-corrected chi connectivity index (χ0v) is 24.8. The summed E-state index contributed by atoms with van der Waals surface area (Å²) in [5.41, 5.74) is 3.63. The Kier molecular flexibility index (Phi) is 7.73. The summed E-state index contributed by atoms with van der Waals surface area (Å²) in [4.78, 5) is 10.2. The largest absolute Gasteiger partial charge is 0.498 e. The fourth-order valence-electron chi connectivity index (χ4n) is 8.58. The molecule has 0 radical (unpaired) electrons. The molecule has 0 aromatic heterocycles. The number of hydrogen-bond acceptors (Lipinski definition) is 7. The van der Waals surface area contributed by atoms with E-state index in [1.165, 1.54) is 37.0 Å². The molecule has 7 heteroatoms. The van der Waals surface area contributed by atoms with Crippen LogP contribution in [0.15, 0.2) is 17.0 Å². The molecule has 1 aliphatic heterocycles. The van der Waals surface area contributed by atoms with Crippen molar-refractivity contribution >= 4 is 5.71 Å². The Morgan fingerprint density at radius 1 is 0.816 bits per heavy atom. The van der Waals surface area contributed by atoms with Crippen molar-refractivity contribution in [3.05, 3.63) is 11.8 Å². The highest BCUT2D eigenvalue weighted by Gasteiger charge is 2.60. The fourth-order valence-corrected chi connectivity index (χ4v) is 8.58. The van der Waals surface area contributed by atoms with Crippen LogP contribution in [0.25, 0.3) is 0 Å². The van der Waals surface area contributed by atoms with Crippen LogP contribution in [0.4, 0.5) is 0 Å². The van der Waals surface area contributed by atoms with Crippen LogP contribution in [0.3, 0.4) is 0 Å². The molecule has 6 atom stereocenters. The molecule has 4 saturated carbocycles. The van der Waals surface area contributed by atoms with Crippen LogP contribution in [-0.2, 0) is 9.57 Å². The van der Waals surface area contributed by atoms with Crippen LogP contribution in [0.5, 0.6) is 0 Å². The van der Waals surface area contributed by atoms with Crippen molar-refractivity contribution < 1.29 is 19.8 Å². The summed E-state index contributed by atoms with van der Waals surface area (Å²) < 4.78 is 5.91. The molecular weight excluding hydrogens is 478 g/mol. The summed E-state index contributed by atoms with van der Waals surface area (Å²) in [7, 11) is 0. The maximum atomic E-state index is 10.6. The van der Waals surface area contributed by atoms with E-state index in [9.17, 15) is 10.2 Å². The lowest BCUT2D eigenvalue weighted by Crippen LogP contribution is -2.51. The van der Waals surface area contributed by atoms with Crippen LogP contribution >= 0.6 is 0 Å². The zero-order valence-electron chi connectivity index (χ0n) is 24.8. The molecule has 1 saturated heterocycles. The Morgan fingerprint density at radius 3 is 1.82 bits per heavy atom. The van der Waals surface area contributed by atoms with Gasteiger partial charge in [-0.2, -0.15) is 0 Å². The topological polar surface area (TPSA) is 77.8 Å². The summed E-state index contributed by atoms with van der Waals surface area (Å²) in [6.07, 6.45) is 8.16. The highest BCUT2D eigenvalue weighted by Crippen LogP contribution is 2.68. The van der Waals surface area contributed by atoms with Crippen molar-refractivity contribution in [3.8, 4) is 0 Å². The number of aliphatic hydroxyl groups is 2. The minimum absolute atomic E-state index is 0.136. The van der Waals surface area contributed by atoms with Gasteiger partial charge in [-0.15, -0.1) is 0 Å². The molecule has 0 unspecified atom stereocenters. The normalized spacial score (nSPS) is 39.8. The minimum atomic E-state index is -0.546. The average Bonchev–Trinajstić information content (AvgIpc) is 3.37. The maximum absolute atomic E-state index is 10.6. The molecule has 7 nitrogen and oxygen atoms in total. The van der Waals surface area contributed by atoms with E-state index < -0.39 is 12.2 Å². The monoisotopic (exact) mass is 531 g/mol. The summed E-state index contributed by atoms with van der Waals surface area (Å²) >= 11 is 0. The number of β-amino-alcohol motifs (C(OH)–C–C–N with tert-alkyl or cyclic N) is 2. The molecule has 0 aromatic carbocycles. The first-order valence-corrected chi connectivity index (χ1v) is 15.2. The minimum Gasteiger partial charge on any atom is -0.498 e. The second kappa shape index (κ2) is 10.4. The van der Waals surface area contributed by atoms with E-state index in [2.05, 4.69) is 56.5 Å².